The van der Waals surface area contributed by atoms with Crippen LogP contribution in [0.25, 0.3) is 22.1 Å². The van der Waals surface area contributed by atoms with E-state index in [4.69, 9.17) is 21.3 Å². The predicted molar refractivity (Wildman–Crippen MR) is 176 cm³/mol. The van der Waals surface area contributed by atoms with Crippen LogP contribution >= 0.6 is 11.6 Å². The van der Waals surface area contributed by atoms with Crippen molar-refractivity contribution < 1.29 is 9.53 Å². The molecule has 6 rings (SSSR count). The number of fused-ring (bicyclic) bond motifs is 2. The lowest BCUT2D eigenvalue weighted by molar-refractivity contribution is 0.0540. The van der Waals surface area contributed by atoms with E-state index in [2.05, 4.69) is 4.98 Å². The Hall–Kier alpha value is -5.22. The van der Waals surface area contributed by atoms with Crippen molar-refractivity contribution in [3.63, 3.8) is 0 Å². The summed E-state index contributed by atoms with van der Waals surface area (Å²) in [5.74, 6) is 0.257. The topological polar surface area (TPSA) is 105 Å². The van der Waals surface area contributed by atoms with E-state index in [1.807, 2.05) is 60.7 Å². The normalized spacial score (nSPS) is 11.7. The molecule has 3 aromatic heterocycles. The summed E-state index contributed by atoms with van der Waals surface area (Å²) in [6.07, 6.45) is -0.646. The Morgan fingerprint density at radius 1 is 0.889 bits per heavy atom. The largest absolute Gasteiger partial charge is 0.443 e. The van der Waals surface area contributed by atoms with Crippen LogP contribution in [0.15, 0.2) is 99.5 Å². The van der Waals surface area contributed by atoms with Gasteiger partial charge in [-0.2, -0.15) is 4.98 Å². The Morgan fingerprint density at radius 2 is 1.51 bits per heavy atom. The number of carbonyl (C=O) groups excluding carboxylic acids is 1. The van der Waals surface area contributed by atoms with Gasteiger partial charge in [-0.15, -0.1) is 0 Å². The summed E-state index contributed by atoms with van der Waals surface area (Å²) >= 11 is 6.48. The standard InChI is InChI=1S/C34H31ClN6O4/c1-34(2,3)45-33(44)41-23(19-24-25(35)17-12-18-26(24)41)20-40-30(42)28-29(39(5)32(40)43)37-31(38(28)4)36-27(21-13-8-6-9-14-21)22-15-10-7-11-16-22/h6-19H,20H2,1-5H3. The third kappa shape index (κ3) is 5.49. The number of nitrogens with zero attached hydrogens (tertiary/aromatic N) is 6. The molecule has 45 heavy (non-hydrogen) atoms. The first-order chi connectivity index (χ1) is 21.4. The van der Waals surface area contributed by atoms with E-state index in [0.29, 0.717) is 27.3 Å². The zero-order valence-corrected chi connectivity index (χ0v) is 26.2. The van der Waals surface area contributed by atoms with Crippen molar-refractivity contribution in [2.24, 2.45) is 19.1 Å². The zero-order valence-electron chi connectivity index (χ0n) is 25.5. The summed E-state index contributed by atoms with van der Waals surface area (Å²) in [6.45, 7) is 5.08. The molecular weight excluding hydrogens is 592 g/mol. The molecule has 11 heteroatoms. The van der Waals surface area contributed by atoms with Gasteiger partial charge in [0.15, 0.2) is 11.2 Å². The first-order valence-corrected chi connectivity index (χ1v) is 14.7. The number of aromatic nitrogens is 5. The Labute approximate surface area is 263 Å². The van der Waals surface area contributed by atoms with Gasteiger partial charge < -0.3 is 9.30 Å². The highest BCUT2D eigenvalue weighted by Gasteiger charge is 2.25. The molecule has 0 aliphatic carbocycles. The maximum atomic E-state index is 14.0. The molecule has 0 saturated heterocycles. The molecule has 3 aromatic carbocycles. The predicted octanol–water partition coefficient (Wildman–Crippen LogP) is 6.04. The lowest BCUT2D eigenvalue weighted by Gasteiger charge is -2.21. The fourth-order valence-electron chi connectivity index (χ4n) is 5.31. The Bertz CT molecular complexity index is 2200. The molecule has 0 saturated carbocycles. The second-order valence-corrected chi connectivity index (χ2v) is 12.1. The third-order valence-corrected chi connectivity index (χ3v) is 7.74. The quantitative estimate of drug-likeness (QED) is 0.218. The van der Waals surface area contributed by atoms with Gasteiger partial charge in [0.25, 0.3) is 5.56 Å². The molecule has 0 aliphatic heterocycles. The van der Waals surface area contributed by atoms with Gasteiger partial charge in [0.05, 0.1) is 23.5 Å². The van der Waals surface area contributed by atoms with Crippen LogP contribution in [0.5, 0.6) is 0 Å². The minimum absolute atomic E-state index is 0.189. The molecule has 0 atom stereocenters. The maximum Gasteiger partial charge on any atom is 0.419 e. The van der Waals surface area contributed by atoms with Gasteiger partial charge in [-0.05, 0) is 39.0 Å². The first kappa shape index (κ1) is 29.8. The molecule has 0 amide bonds. The average molecular weight is 623 g/mol. The fraction of sp³-hybridized carbons (Fsp3) is 0.206. The van der Waals surface area contributed by atoms with E-state index in [-0.39, 0.29) is 23.7 Å². The molecule has 0 N–H and O–H groups in total. The van der Waals surface area contributed by atoms with E-state index >= 15 is 0 Å². The molecule has 6 aromatic rings. The van der Waals surface area contributed by atoms with Crippen molar-refractivity contribution in [1.82, 2.24) is 23.3 Å². The van der Waals surface area contributed by atoms with Crippen LogP contribution in [0.4, 0.5) is 10.7 Å². The lowest BCUT2D eigenvalue weighted by atomic mass is 10.0. The van der Waals surface area contributed by atoms with E-state index in [0.717, 1.165) is 15.7 Å². The van der Waals surface area contributed by atoms with E-state index in [1.165, 1.54) is 9.13 Å². The number of imidazole rings is 1. The minimum Gasteiger partial charge on any atom is -0.443 e. The van der Waals surface area contributed by atoms with Crippen LogP contribution in [0, 0.1) is 0 Å². The summed E-state index contributed by atoms with van der Waals surface area (Å²) in [6, 6.07) is 26.2. The molecule has 0 bridgehead atoms. The van der Waals surface area contributed by atoms with Gasteiger partial charge >= 0.3 is 11.8 Å². The fourth-order valence-corrected chi connectivity index (χ4v) is 5.53. The van der Waals surface area contributed by atoms with E-state index in [9.17, 15) is 14.4 Å². The smallest absolute Gasteiger partial charge is 0.419 e. The summed E-state index contributed by atoms with van der Waals surface area (Å²) in [5, 5.41) is 1.02. The molecule has 228 valence electrons. The zero-order chi connectivity index (χ0) is 32.0. The molecule has 10 nitrogen and oxygen atoms in total. The summed E-state index contributed by atoms with van der Waals surface area (Å²) in [5.41, 5.74) is 1.71. The minimum atomic E-state index is -0.778. The van der Waals surface area contributed by atoms with Crippen molar-refractivity contribution in [3.05, 3.63) is 128 Å². The number of ether oxygens (including phenoxy) is 1. The maximum absolute atomic E-state index is 14.0. The third-order valence-electron chi connectivity index (χ3n) is 7.41. The number of halogens is 1. The second-order valence-electron chi connectivity index (χ2n) is 11.7. The van der Waals surface area contributed by atoms with E-state index < -0.39 is 22.9 Å². The SMILES string of the molecule is Cn1c(N=C(c2ccccc2)c2ccccc2)nc2c1c(=O)n(Cc1cc3c(Cl)cccc3n1C(=O)OC(C)(C)C)c(=O)n2C. The van der Waals surface area contributed by atoms with Crippen LogP contribution in [-0.2, 0) is 25.4 Å². The van der Waals surface area contributed by atoms with Gasteiger partial charge in [0.2, 0.25) is 5.95 Å². The molecule has 0 spiro atoms. The number of carbonyl (C=O) groups is 1. The Balaban J connectivity index is 1.53. The van der Waals surface area contributed by atoms with Gasteiger partial charge in [-0.25, -0.2) is 19.1 Å². The Kier molecular flexibility index (Phi) is 7.54. The molecule has 0 aliphatic rings. The van der Waals surface area contributed by atoms with Crippen LogP contribution in [0.1, 0.15) is 37.6 Å². The number of benzene rings is 3. The van der Waals surface area contributed by atoms with E-state index in [1.54, 1.807) is 63.7 Å². The highest BCUT2D eigenvalue weighted by molar-refractivity contribution is 6.35. The number of aryl methyl sites for hydroxylation is 2. The van der Waals surface area contributed by atoms with Crippen molar-refractivity contribution in [2.45, 2.75) is 32.9 Å². The first-order valence-electron chi connectivity index (χ1n) is 14.3. The molecule has 0 unspecified atom stereocenters. The van der Waals surface area contributed by atoms with Crippen molar-refractivity contribution in [3.8, 4) is 0 Å². The molecule has 3 heterocycles. The highest BCUT2D eigenvalue weighted by atomic mass is 35.5. The molecular formula is C34H31ClN6O4. The molecule has 0 radical (unpaired) electrons. The monoisotopic (exact) mass is 622 g/mol. The summed E-state index contributed by atoms with van der Waals surface area (Å²) in [7, 11) is 3.24. The van der Waals surface area contributed by atoms with Crippen molar-refractivity contribution >= 4 is 51.4 Å². The lowest BCUT2D eigenvalue weighted by Crippen LogP contribution is -2.40. The highest BCUT2D eigenvalue weighted by Crippen LogP contribution is 2.28. The second kappa shape index (κ2) is 11.4. The number of hydrogen-bond acceptors (Lipinski definition) is 6. The van der Waals surface area contributed by atoms with Crippen LogP contribution < -0.4 is 11.2 Å². The van der Waals surface area contributed by atoms with Gasteiger partial charge in [-0.3, -0.25) is 13.9 Å². The molecule has 0 fully saturated rings. The van der Waals surface area contributed by atoms with Crippen LogP contribution in [0.3, 0.4) is 0 Å². The van der Waals surface area contributed by atoms with Gasteiger partial charge in [-0.1, -0.05) is 78.3 Å². The number of hydrogen-bond donors (Lipinski definition) is 0. The Morgan fingerprint density at radius 3 is 2.11 bits per heavy atom. The van der Waals surface area contributed by atoms with Crippen LogP contribution in [-0.4, -0.2) is 40.7 Å². The number of rotatable bonds is 5. The van der Waals surface area contributed by atoms with Gasteiger partial charge in [0.1, 0.15) is 5.60 Å². The van der Waals surface area contributed by atoms with Crippen molar-refractivity contribution in [2.75, 3.05) is 0 Å². The summed E-state index contributed by atoms with van der Waals surface area (Å²) in [4.78, 5) is 50.7. The average Bonchev–Trinajstić information content (AvgIpc) is 3.55. The van der Waals surface area contributed by atoms with Gasteiger partial charge in [0, 0.05) is 35.6 Å². The summed E-state index contributed by atoms with van der Waals surface area (Å²) < 4.78 is 11.0. The number of aliphatic imine (C=N–C) groups is 1. The van der Waals surface area contributed by atoms with Crippen molar-refractivity contribution in [1.29, 1.82) is 0 Å². The van der Waals surface area contributed by atoms with Crippen LogP contribution in [0.2, 0.25) is 5.02 Å².